The summed E-state index contributed by atoms with van der Waals surface area (Å²) in [5.41, 5.74) is 5.43. The fraction of sp³-hybridized carbons (Fsp3) is 0.444. The second-order valence-corrected chi connectivity index (χ2v) is 7.28. The number of hydrogen-bond acceptors (Lipinski definition) is 5. The number of nitrogens with zero attached hydrogens (tertiary/aromatic N) is 1. The van der Waals surface area contributed by atoms with Gasteiger partial charge in [-0.3, -0.25) is 0 Å². The first-order chi connectivity index (χ1) is 7.80. The van der Waals surface area contributed by atoms with Crippen LogP contribution in [0.1, 0.15) is 11.8 Å². The number of likely N-dealkylation sites (N-methyl/N-ethyl adjacent to an activating group) is 1. The first-order valence-electron chi connectivity index (χ1n) is 4.79. The predicted octanol–water partition coefficient (Wildman–Crippen LogP) is 0.384. The van der Waals surface area contributed by atoms with Crippen LogP contribution in [0.5, 0.6) is 0 Å². The van der Waals surface area contributed by atoms with E-state index in [1.807, 2.05) is 0 Å². The van der Waals surface area contributed by atoms with Crippen LogP contribution in [0.2, 0.25) is 0 Å². The molecule has 0 bridgehead atoms. The van der Waals surface area contributed by atoms with Crippen molar-refractivity contribution in [2.75, 3.05) is 13.7 Å². The molecular weight excluding hydrogens is 280 g/mol. The van der Waals surface area contributed by atoms with Crippen LogP contribution in [0.25, 0.3) is 0 Å². The molecule has 8 heteroatoms. The first-order valence-corrected chi connectivity index (χ1v) is 7.45. The Hall–Kier alpha value is -0.540. The molecule has 5 nitrogen and oxygen atoms in total. The van der Waals surface area contributed by atoms with Gasteiger partial charge >= 0.3 is 0 Å². The van der Waals surface area contributed by atoms with E-state index in [0.29, 0.717) is 4.88 Å². The lowest BCUT2D eigenvalue weighted by molar-refractivity contribution is 0.214. The molecule has 17 heavy (non-hydrogen) atoms. The summed E-state index contributed by atoms with van der Waals surface area (Å²) in [4.78, 5) is 0.734. The van der Waals surface area contributed by atoms with Gasteiger partial charge in [0.15, 0.2) is 0 Å². The molecule has 0 aromatic carbocycles. The van der Waals surface area contributed by atoms with E-state index in [4.69, 9.17) is 23.1 Å². The van der Waals surface area contributed by atoms with E-state index >= 15 is 0 Å². The Kier molecular flexibility index (Phi) is 4.62. The van der Waals surface area contributed by atoms with Gasteiger partial charge in [0.2, 0.25) is 0 Å². The smallest absolute Gasteiger partial charge is 0.252 e. The summed E-state index contributed by atoms with van der Waals surface area (Å²) in [5.74, 6) is 0. The topological polar surface area (TPSA) is 83.6 Å². The van der Waals surface area contributed by atoms with Crippen molar-refractivity contribution in [1.29, 1.82) is 0 Å². The van der Waals surface area contributed by atoms with Crippen molar-refractivity contribution in [2.24, 2.45) is 5.73 Å². The molecular formula is C9H14N2O3S3. The highest BCUT2D eigenvalue weighted by Crippen LogP contribution is 2.25. The number of nitrogens with two attached hydrogens (primary N) is 1. The van der Waals surface area contributed by atoms with E-state index in [1.165, 1.54) is 13.1 Å². The summed E-state index contributed by atoms with van der Waals surface area (Å²) in [6, 6.07) is 2.57. The lowest BCUT2D eigenvalue weighted by Gasteiger charge is -2.21. The molecule has 0 aliphatic heterocycles. The summed E-state index contributed by atoms with van der Waals surface area (Å²) in [7, 11) is -2.16. The van der Waals surface area contributed by atoms with Crippen LogP contribution in [0.4, 0.5) is 0 Å². The molecule has 0 saturated carbocycles. The molecule has 1 aromatic rings. The molecule has 96 valence electrons. The number of sulfonamides is 1. The van der Waals surface area contributed by atoms with Gasteiger partial charge in [0.05, 0.1) is 11.5 Å². The Bertz CT molecular complexity index is 509. The van der Waals surface area contributed by atoms with Crippen molar-refractivity contribution in [3.8, 4) is 0 Å². The number of hydrogen-bond donors (Lipinski definition) is 2. The van der Waals surface area contributed by atoms with Crippen LogP contribution in [-0.2, 0) is 10.0 Å². The standard InChI is InChI=1S/C9H14N2O3S3/c1-6(5-12)11(2)17(13,14)8-4-3-7(16-8)9(10)15/h3-4,6,12H,5H2,1-2H3,(H2,10,15). The van der Waals surface area contributed by atoms with Crippen molar-refractivity contribution in [3.63, 3.8) is 0 Å². The van der Waals surface area contributed by atoms with Crippen LogP contribution in [0, 0.1) is 0 Å². The molecule has 1 aromatic heterocycles. The van der Waals surface area contributed by atoms with Gasteiger partial charge in [0.1, 0.15) is 9.20 Å². The third kappa shape index (κ3) is 3.02. The Morgan fingerprint density at radius 1 is 1.65 bits per heavy atom. The number of aliphatic hydroxyl groups excluding tert-OH is 1. The monoisotopic (exact) mass is 294 g/mol. The lowest BCUT2D eigenvalue weighted by Crippen LogP contribution is -2.36. The molecule has 0 radical (unpaired) electrons. The maximum absolute atomic E-state index is 12.1. The number of aliphatic hydroxyl groups is 1. The van der Waals surface area contributed by atoms with Gasteiger partial charge in [-0.15, -0.1) is 11.3 Å². The van der Waals surface area contributed by atoms with Crippen LogP contribution in [0.3, 0.4) is 0 Å². The molecule has 1 heterocycles. The average Bonchev–Trinajstić information content (AvgIpc) is 2.76. The number of thiophene rings is 1. The Labute approximate surface area is 110 Å². The predicted molar refractivity (Wildman–Crippen MR) is 71.7 cm³/mol. The molecule has 1 unspecified atom stereocenters. The van der Waals surface area contributed by atoms with Crippen molar-refractivity contribution in [3.05, 3.63) is 17.0 Å². The van der Waals surface area contributed by atoms with E-state index < -0.39 is 16.1 Å². The summed E-state index contributed by atoms with van der Waals surface area (Å²) in [5, 5.41) is 8.97. The maximum atomic E-state index is 12.1. The second-order valence-electron chi connectivity index (χ2n) is 3.54. The largest absolute Gasteiger partial charge is 0.395 e. The van der Waals surface area contributed by atoms with Gasteiger partial charge in [-0.05, 0) is 19.1 Å². The highest BCUT2D eigenvalue weighted by atomic mass is 32.2. The van der Waals surface area contributed by atoms with E-state index in [1.54, 1.807) is 13.0 Å². The SMILES string of the molecule is CC(CO)N(C)S(=O)(=O)c1ccc(C(N)=S)s1. The summed E-state index contributed by atoms with van der Waals surface area (Å²) in [6.07, 6.45) is 0. The maximum Gasteiger partial charge on any atom is 0.252 e. The molecule has 0 fully saturated rings. The molecule has 1 atom stereocenters. The van der Waals surface area contributed by atoms with Crippen LogP contribution < -0.4 is 5.73 Å². The van der Waals surface area contributed by atoms with Crippen LogP contribution >= 0.6 is 23.6 Å². The normalized spacial score (nSPS) is 13.9. The molecule has 0 aliphatic carbocycles. The minimum absolute atomic E-state index is 0.170. The van der Waals surface area contributed by atoms with Gasteiger partial charge in [-0.1, -0.05) is 12.2 Å². The molecule has 0 saturated heterocycles. The van der Waals surface area contributed by atoms with Gasteiger partial charge in [0.25, 0.3) is 10.0 Å². The molecule has 0 spiro atoms. The van der Waals surface area contributed by atoms with E-state index in [-0.39, 0.29) is 15.8 Å². The first kappa shape index (κ1) is 14.5. The van der Waals surface area contributed by atoms with Gasteiger partial charge in [-0.2, -0.15) is 4.31 Å². The van der Waals surface area contributed by atoms with E-state index in [0.717, 1.165) is 15.6 Å². The highest BCUT2D eigenvalue weighted by molar-refractivity contribution is 7.91. The van der Waals surface area contributed by atoms with E-state index in [2.05, 4.69) is 0 Å². The second kappa shape index (κ2) is 5.40. The summed E-state index contributed by atoms with van der Waals surface area (Å²) < 4.78 is 25.5. The highest BCUT2D eigenvalue weighted by Gasteiger charge is 2.26. The van der Waals surface area contributed by atoms with Gasteiger partial charge in [0, 0.05) is 13.1 Å². The fourth-order valence-electron chi connectivity index (χ4n) is 1.09. The third-order valence-corrected chi connectivity index (χ3v) is 6.25. The zero-order valence-electron chi connectivity index (χ0n) is 9.45. The van der Waals surface area contributed by atoms with Crippen molar-refractivity contribution >= 4 is 38.6 Å². The molecule has 0 aliphatic rings. The fourth-order valence-corrected chi connectivity index (χ4v) is 3.98. The van der Waals surface area contributed by atoms with Gasteiger partial charge in [-0.25, -0.2) is 8.42 Å². The van der Waals surface area contributed by atoms with Gasteiger partial charge < -0.3 is 10.8 Å². The zero-order chi connectivity index (χ0) is 13.2. The molecule has 3 N–H and O–H groups in total. The van der Waals surface area contributed by atoms with Crippen LogP contribution in [-0.4, -0.2) is 42.5 Å². The minimum atomic E-state index is -3.59. The lowest BCUT2D eigenvalue weighted by atomic mass is 10.4. The number of thiocarbonyl (C=S) groups is 1. The Morgan fingerprint density at radius 2 is 2.24 bits per heavy atom. The van der Waals surface area contributed by atoms with Crippen molar-refractivity contribution in [2.45, 2.75) is 17.2 Å². The average molecular weight is 294 g/mol. The third-order valence-electron chi connectivity index (χ3n) is 2.34. The van der Waals surface area contributed by atoms with Crippen molar-refractivity contribution < 1.29 is 13.5 Å². The number of rotatable bonds is 5. The quantitative estimate of drug-likeness (QED) is 0.767. The summed E-state index contributed by atoms with van der Waals surface area (Å²) >= 11 is 5.80. The van der Waals surface area contributed by atoms with Crippen LogP contribution in [0.15, 0.2) is 16.3 Å². The zero-order valence-corrected chi connectivity index (χ0v) is 11.9. The Morgan fingerprint density at radius 3 is 2.65 bits per heavy atom. The summed E-state index contributed by atoms with van der Waals surface area (Å²) in [6.45, 7) is 1.39. The molecule has 0 amide bonds. The minimum Gasteiger partial charge on any atom is -0.395 e. The van der Waals surface area contributed by atoms with Crippen molar-refractivity contribution in [1.82, 2.24) is 4.31 Å². The van der Waals surface area contributed by atoms with E-state index in [9.17, 15) is 8.42 Å². The molecule has 1 rings (SSSR count). The Balaban J connectivity index is 3.09.